The van der Waals surface area contributed by atoms with Crippen LogP contribution in [0.1, 0.15) is 42.8 Å². The van der Waals surface area contributed by atoms with E-state index in [9.17, 15) is 4.79 Å². The number of nitrogens with one attached hydrogen (secondary N) is 1. The number of nitrogens with zero attached hydrogens (tertiary/aromatic N) is 2. The molecule has 162 valence electrons. The molecule has 5 nitrogen and oxygen atoms in total. The third-order valence-corrected chi connectivity index (χ3v) is 6.63. The average Bonchev–Trinajstić information content (AvgIpc) is 3.19. The lowest BCUT2D eigenvalue weighted by atomic mass is 9.93. The predicted molar refractivity (Wildman–Crippen MR) is 119 cm³/mol. The molecule has 0 saturated carbocycles. The minimum atomic E-state index is 0.138. The Hall–Kier alpha value is -2.11. The van der Waals surface area contributed by atoms with Gasteiger partial charge < -0.3 is 9.73 Å². The summed E-state index contributed by atoms with van der Waals surface area (Å²) in [5.41, 5.74) is 1.28. The van der Waals surface area contributed by atoms with Crippen molar-refractivity contribution >= 4 is 5.91 Å². The minimum Gasteiger partial charge on any atom is -0.465 e. The van der Waals surface area contributed by atoms with Crippen LogP contribution in [0, 0.1) is 12.8 Å². The van der Waals surface area contributed by atoms with Gasteiger partial charge in [-0.1, -0.05) is 30.3 Å². The van der Waals surface area contributed by atoms with Gasteiger partial charge in [-0.25, -0.2) is 0 Å². The summed E-state index contributed by atoms with van der Waals surface area (Å²) in [7, 11) is 0. The van der Waals surface area contributed by atoms with Crippen molar-refractivity contribution in [2.24, 2.45) is 5.92 Å². The minimum absolute atomic E-state index is 0.138. The number of carbonyl (C=O) groups excluding carboxylic acids is 1. The van der Waals surface area contributed by atoms with Gasteiger partial charge in [0.2, 0.25) is 5.91 Å². The number of furan rings is 1. The molecule has 1 aromatic carbocycles. The highest BCUT2D eigenvalue weighted by Gasteiger charge is 2.31. The van der Waals surface area contributed by atoms with Crippen LogP contribution in [-0.4, -0.2) is 54.5 Å². The SMILES string of the molecule is Cc1ccc(CN2CCC(N3CCCC(C(=O)NCCc4ccccc4)C3)CC2)o1. The lowest BCUT2D eigenvalue weighted by Crippen LogP contribution is -2.50. The highest BCUT2D eigenvalue weighted by molar-refractivity contribution is 5.79. The van der Waals surface area contributed by atoms with Crippen LogP contribution in [0.15, 0.2) is 46.9 Å². The van der Waals surface area contributed by atoms with Gasteiger partial charge in [-0.15, -0.1) is 0 Å². The molecule has 1 N–H and O–H groups in total. The lowest BCUT2D eigenvalue weighted by Gasteiger charge is -2.41. The van der Waals surface area contributed by atoms with Crippen molar-refractivity contribution in [3.63, 3.8) is 0 Å². The Morgan fingerprint density at radius 2 is 1.87 bits per heavy atom. The first-order valence-corrected chi connectivity index (χ1v) is 11.5. The van der Waals surface area contributed by atoms with Gasteiger partial charge in [0.05, 0.1) is 12.5 Å². The van der Waals surface area contributed by atoms with Gasteiger partial charge in [0.15, 0.2) is 0 Å². The Morgan fingerprint density at radius 3 is 2.60 bits per heavy atom. The van der Waals surface area contributed by atoms with Crippen LogP contribution in [-0.2, 0) is 17.8 Å². The number of amides is 1. The van der Waals surface area contributed by atoms with Gasteiger partial charge in [0.1, 0.15) is 11.5 Å². The van der Waals surface area contributed by atoms with Crippen molar-refractivity contribution in [2.75, 3.05) is 32.7 Å². The van der Waals surface area contributed by atoms with Crippen molar-refractivity contribution in [1.82, 2.24) is 15.1 Å². The van der Waals surface area contributed by atoms with Gasteiger partial charge in [-0.2, -0.15) is 0 Å². The summed E-state index contributed by atoms with van der Waals surface area (Å²) in [5, 5.41) is 3.18. The zero-order valence-electron chi connectivity index (χ0n) is 18.2. The van der Waals surface area contributed by atoms with Crippen LogP contribution < -0.4 is 5.32 Å². The molecular weight excluding hydrogens is 374 g/mol. The van der Waals surface area contributed by atoms with Crippen LogP contribution in [0.4, 0.5) is 0 Å². The van der Waals surface area contributed by atoms with Crippen LogP contribution in [0.5, 0.6) is 0 Å². The van der Waals surface area contributed by atoms with Gasteiger partial charge in [0, 0.05) is 32.2 Å². The van der Waals surface area contributed by atoms with Gasteiger partial charge in [0.25, 0.3) is 0 Å². The summed E-state index contributed by atoms with van der Waals surface area (Å²) >= 11 is 0. The van der Waals surface area contributed by atoms with Crippen LogP contribution in [0.3, 0.4) is 0 Å². The predicted octanol–water partition coefficient (Wildman–Crippen LogP) is 3.62. The normalized spacial score (nSPS) is 21.6. The second-order valence-corrected chi connectivity index (χ2v) is 8.88. The number of piperidine rings is 2. The number of likely N-dealkylation sites (tertiary alicyclic amines) is 2. The van der Waals surface area contributed by atoms with E-state index in [1.54, 1.807) is 0 Å². The van der Waals surface area contributed by atoms with Crippen LogP contribution in [0.25, 0.3) is 0 Å². The second-order valence-electron chi connectivity index (χ2n) is 8.88. The zero-order chi connectivity index (χ0) is 20.8. The molecule has 2 aliphatic rings. The van der Waals surface area contributed by atoms with E-state index in [-0.39, 0.29) is 11.8 Å². The van der Waals surface area contributed by atoms with E-state index in [4.69, 9.17) is 4.42 Å². The Labute approximate surface area is 180 Å². The molecule has 0 aliphatic carbocycles. The van der Waals surface area contributed by atoms with Crippen LogP contribution in [0.2, 0.25) is 0 Å². The molecule has 5 heteroatoms. The number of benzene rings is 1. The maximum Gasteiger partial charge on any atom is 0.224 e. The molecule has 2 aromatic rings. The Bertz CT molecular complexity index is 796. The number of hydrogen-bond acceptors (Lipinski definition) is 4. The maximum atomic E-state index is 12.7. The van der Waals surface area contributed by atoms with E-state index in [1.165, 1.54) is 18.4 Å². The molecule has 3 heterocycles. The van der Waals surface area contributed by atoms with Crippen molar-refractivity contribution < 1.29 is 9.21 Å². The molecule has 2 fully saturated rings. The first-order chi connectivity index (χ1) is 14.7. The average molecular weight is 410 g/mol. The molecule has 0 radical (unpaired) electrons. The van der Waals surface area contributed by atoms with E-state index in [1.807, 2.05) is 19.1 Å². The molecular formula is C25H35N3O2. The lowest BCUT2D eigenvalue weighted by molar-refractivity contribution is -0.127. The van der Waals surface area contributed by atoms with Gasteiger partial charge in [-0.05, 0) is 63.3 Å². The van der Waals surface area contributed by atoms with Crippen molar-refractivity contribution in [1.29, 1.82) is 0 Å². The van der Waals surface area contributed by atoms with Crippen LogP contribution >= 0.6 is 0 Å². The third-order valence-electron chi connectivity index (χ3n) is 6.63. The fourth-order valence-electron chi connectivity index (χ4n) is 4.90. The first-order valence-electron chi connectivity index (χ1n) is 11.5. The van der Waals surface area contributed by atoms with Crippen molar-refractivity contribution in [3.05, 3.63) is 59.5 Å². The Morgan fingerprint density at radius 1 is 1.07 bits per heavy atom. The summed E-state index contributed by atoms with van der Waals surface area (Å²) in [6.07, 6.45) is 5.41. The molecule has 2 saturated heterocycles. The quantitative estimate of drug-likeness (QED) is 0.759. The van der Waals surface area contributed by atoms with E-state index >= 15 is 0 Å². The van der Waals surface area contributed by atoms with Gasteiger partial charge in [-0.3, -0.25) is 14.6 Å². The number of hydrogen-bond donors (Lipinski definition) is 1. The van der Waals surface area contributed by atoms with Crippen molar-refractivity contribution in [2.45, 2.75) is 51.6 Å². The van der Waals surface area contributed by atoms with E-state index in [2.05, 4.69) is 45.4 Å². The third kappa shape index (κ3) is 5.73. The molecule has 4 rings (SSSR count). The molecule has 30 heavy (non-hydrogen) atoms. The summed E-state index contributed by atoms with van der Waals surface area (Å²) in [4.78, 5) is 17.8. The Balaban J connectivity index is 1.19. The summed E-state index contributed by atoms with van der Waals surface area (Å²) in [6.45, 7) is 7.90. The fraction of sp³-hybridized carbons (Fsp3) is 0.560. The van der Waals surface area contributed by atoms with E-state index < -0.39 is 0 Å². The second kappa shape index (κ2) is 10.3. The standard InChI is InChI=1S/C25H35N3O2/c1-20-9-10-24(30-20)19-27-16-12-23(13-17-27)28-15-5-8-22(18-28)25(29)26-14-11-21-6-3-2-4-7-21/h2-4,6-7,9-10,22-23H,5,8,11-19H2,1H3,(H,26,29). The summed E-state index contributed by atoms with van der Waals surface area (Å²) < 4.78 is 5.73. The zero-order valence-corrected chi connectivity index (χ0v) is 18.2. The maximum absolute atomic E-state index is 12.7. The topological polar surface area (TPSA) is 48.7 Å². The highest BCUT2D eigenvalue weighted by Crippen LogP contribution is 2.25. The first kappa shape index (κ1) is 21.1. The van der Waals surface area contributed by atoms with E-state index in [0.717, 1.165) is 70.1 Å². The molecule has 2 aliphatic heterocycles. The number of aryl methyl sites for hydroxylation is 1. The van der Waals surface area contributed by atoms with Gasteiger partial charge >= 0.3 is 0 Å². The molecule has 1 aromatic heterocycles. The summed E-state index contributed by atoms with van der Waals surface area (Å²) in [5.74, 6) is 2.43. The number of carbonyl (C=O) groups is 1. The largest absolute Gasteiger partial charge is 0.465 e. The van der Waals surface area contributed by atoms with Crippen molar-refractivity contribution in [3.8, 4) is 0 Å². The molecule has 0 spiro atoms. The highest BCUT2D eigenvalue weighted by atomic mass is 16.3. The fourth-order valence-corrected chi connectivity index (χ4v) is 4.90. The molecule has 1 atom stereocenters. The Kier molecular flexibility index (Phi) is 7.24. The molecule has 1 unspecified atom stereocenters. The molecule has 1 amide bonds. The number of rotatable bonds is 7. The smallest absolute Gasteiger partial charge is 0.224 e. The molecule has 0 bridgehead atoms. The summed E-state index contributed by atoms with van der Waals surface area (Å²) in [6, 6.07) is 15.1. The van der Waals surface area contributed by atoms with E-state index in [0.29, 0.717) is 6.04 Å². The monoisotopic (exact) mass is 409 g/mol.